The van der Waals surface area contributed by atoms with Crippen LogP contribution in [0.4, 0.5) is 5.82 Å². The Hall–Kier alpha value is -1.62. The van der Waals surface area contributed by atoms with Gasteiger partial charge in [0.05, 0.1) is 5.56 Å². The van der Waals surface area contributed by atoms with Crippen LogP contribution in [0.5, 0.6) is 0 Å². The van der Waals surface area contributed by atoms with E-state index in [-0.39, 0.29) is 17.4 Å². The Kier molecular flexibility index (Phi) is 3.52. The van der Waals surface area contributed by atoms with Crippen LogP contribution in [0.15, 0.2) is 18.3 Å². The molecule has 5 heteroatoms. The summed E-state index contributed by atoms with van der Waals surface area (Å²) in [5.74, 6) is 5.72. The normalized spacial score (nSPS) is 21.6. The number of anilines is 1. The number of nitrogens with one attached hydrogen (secondary N) is 2. The number of nitrogens with two attached hydrogens (primary N) is 1. The average Bonchev–Trinajstić information content (AvgIpc) is 2.69. The first-order chi connectivity index (χ1) is 8.53. The standard InChI is InChI=1S/C13H20N4O/c1-13(2)7-3-4-10(13)16-12(18)9-5-6-11(17-14)15-8-9/h5-6,8,10H,3-4,7,14H2,1-2H3,(H,15,17)(H,16,18). The Morgan fingerprint density at radius 3 is 2.78 bits per heavy atom. The van der Waals surface area contributed by atoms with Crippen LogP contribution in [0.3, 0.4) is 0 Å². The van der Waals surface area contributed by atoms with Crippen LogP contribution in [0.25, 0.3) is 0 Å². The molecule has 0 aliphatic heterocycles. The maximum absolute atomic E-state index is 12.1. The second-order valence-corrected chi connectivity index (χ2v) is 5.48. The van der Waals surface area contributed by atoms with E-state index < -0.39 is 0 Å². The number of carbonyl (C=O) groups excluding carboxylic acids is 1. The summed E-state index contributed by atoms with van der Waals surface area (Å²) >= 11 is 0. The number of pyridine rings is 1. The molecule has 0 spiro atoms. The van der Waals surface area contributed by atoms with Gasteiger partial charge in [-0.1, -0.05) is 20.3 Å². The summed E-state index contributed by atoms with van der Waals surface area (Å²) < 4.78 is 0. The second kappa shape index (κ2) is 4.94. The van der Waals surface area contributed by atoms with Crippen molar-refractivity contribution in [2.45, 2.75) is 39.2 Å². The number of carbonyl (C=O) groups is 1. The van der Waals surface area contributed by atoms with Crippen LogP contribution in [-0.2, 0) is 0 Å². The van der Waals surface area contributed by atoms with Gasteiger partial charge in [0.25, 0.3) is 5.91 Å². The molecule has 1 heterocycles. The van der Waals surface area contributed by atoms with Crippen molar-refractivity contribution < 1.29 is 4.79 Å². The van der Waals surface area contributed by atoms with Gasteiger partial charge in [-0.3, -0.25) is 4.79 Å². The van der Waals surface area contributed by atoms with E-state index in [9.17, 15) is 4.79 Å². The molecule has 5 nitrogen and oxygen atoms in total. The number of aromatic nitrogens is 1. The van der Waals surface area contributed by atoms with Gasteiger partial charge in [-0.25, -0.2) is 10.8 Å². The van der Waals surface area contributed by atoms with Crippen molar-refractivity contribution >= 4 is 11.7 Å². The number of nitrogens with zero attached hydrogens (tertiary/aromatic N) is 1. The first-order valence-electron chi connectivity index (χ1n) is 6.26. The molecule has 0 aromatic carbocycles. The molecule has 2 rings (SSSR count). The molecule has 1 aliphatic carbocycles. The molecule has 1 fully saturated rings. The Balaban J connectivity index is 2.03. The summed E-state index contributed by atoms with van der Waals surface area (Å²) in [7, 11) is 0. The van der Waals surface area contributed by atoms with Gasteiger partial charge >= 0.3 is 0 Å². The highest BCUT2D eigenvalue weighted by molar-refractivity contribution is 5.94. The number of hydrogen-bond donors (Lipinski definition) is 3. The summed E-state index contributed by atoms with van der Waals surface area (Å²) in [6.07, 6.45) is 4.92. The van der Waals surface area contributed by atoms with Crippen LogP contribution in [0, 0.1) is 5.41 Å². The average molecular weight is 248 g/mol. The molecule has 18 heavy (non-hydrogen) atoms. The number of rotatable bonds is 3. The molecule has 0 radical (unpaired) electrons. The zero-order valence-corrected chi connectivity index (χ0v) is 10.9. The van der Waals surface area contributed by atoms with E-state index in [1.807, 2.05) is 0 Å². The maximum atomic E-state index is 12.1. The topological polar surface area (TPSA) is 80.0 Å². The lowest BCUT2D eigenvalue weighted by atomic mass is 9.87. The van der Waals surface area contributed by atoms with E-state index in [2.05, 4.69) is 29.6 Å². The fourth-order valence-corrected chi connectivity index (χ4v) is 2.45. The fourth-order valence-electron chi connectivity index (χ4n) is 2.45. The minimum Gasteiger partial charge on any atom is -0.349 e. The molecule has 1 aromatic rings. The van der Waals surface area contributed by atoms with Gasteiger partial charge in [0.2, 0.25) is 0 Å². The maximum Gasteiger partial charge on any atom is 0.253 e. The highest BCUT2D eigenvalue weighted by Crippen LogP contribution is 2.37. The van der Waals surface area contributed by atoms with Crippen LogP contribution in [0.1, 0.15) is 43.5 Å². The summed E-state index contributed by atoms with van der Waals surface area (Å²) in [6.45, 7) is 4.40. The number of amides is 1. The van der Waals surface area contributed by atoms with Crippen LogP contribution in [-0.4, -0.2) is 16.9 Å². The smallest absolute Gasteiger partial charge is 0.253 e. The third-order valence-electron chi connectivity index (χ3n) is 3.74. The molecule has 1 aliphatic rings. The van der Waals surface area contributed by atoms with E-state index in [1.165, 1.54) is 12.6 Å². The second-order valence-electron chi connectivity index (χ2n) is 5.48. The van der Waals surface area contributed by atoms with Crippen molar-refractivity contribution in [1.82, 2.24) is 10.3 Å². The zero-order chi connectivity index (χ0) is 13.2. The lowest BCUT2D eigenvalue weighted by Crippen LogP contribution is -2.41. The van der Waals surface area contributed by atoms with Gasteiger partial charge in [0.15, 0.2) is 0 Å². The fraction of sp³-hybridized carbons (Fsp3) is 0.538. The predicted octanol–water partition coefficient (Wildman–Crippen LogP) is 1.68. The van der Waals surface area contributed by atoms with Gasteiger partial charge in [-0.15, -0.1) is 0 Å². The Bertz CT molecular complexity index is 427. The number of hydrazine groups is 1. The third kappa shape index (κ3) is 2.61. The number of hydrogen-bond acceptors (Lipinski definition) is 4. The molecular weight excluding hydrogens is 228 g/mol. The molecule has 98 valence electrons. The molecule has 4 N–H and O–H groups in total. The number of nitrogen functional groups attached to an aromatic ring is 1. The highest BCUT2D eigenvalue weighted by Gasteiger charge is 2.35. The molecule has 0 bridgehead atoms. The van der Waals surface area contributed by atoms with Crippen molar-refractivity contribution in [3.05, 3.63) is 23.9 Å². The Morgan fingerprint density at radius 2 is 2.28 bits per heavy atom. The summed E-state index contributed by atoms with van der Waals surface area (Å²) in [4.78, 5) is 16.1. The minimum absolute atomic E-state index is 0.0638. The van der Waals surface area contributed by atoms with Crippen LogP contribution in [0.2, 0.25) is 0 Å². The monoisotopic (exact) mass is 248 g/mol. The lowest BCUT2D eigenvalue weighted by Gasteiger charge is -2.27. The van der Waals surface area contributed by atoms with Gasteiger partial charge in [-0.05, 0) is 30.4 Å². The zero-order valence-electron chi connectivity index (χ0n) is 10.9. The van der Waals surface area contributed by atoms with Gasteiger partial charge in [0.1, 0.15) is 5.82 Å². The quantitative estimate of drug-likeness (QED) is 0.561. The highest BCUT2D eigenvalue weighted by atomic mass is 16.1. The Morgan fingerprint density at radius 1 is 1.50 bits per heavy atom. The summed E-state index contributed by atoms with van der Waals surface area (Å²) in [6, 6.07) is 3.66. The van der Waals surface area contributed by atoms with Crippen molar-refractivity contribution in [3.8, 4) is 0 Å². The van der Waals surface area contributed by atoms with Crippen LogP contribution >= 0.6 is 0 Å². The van der Waals surface area contributed by atoms with E-state index in [4.69, 9.17) is 5.84 Å². The Labute approximate surface area is 107 Å². The summed E-state index contributed by atoms with van der Waals surface area (Å²) in [5.41, 5.74) is 3.19. The third-order valence-corrected chi connectivity index (χ3v) is 3.74. The lowest BCUT2D eigenvalue weighted by molar-refractivity contribution is 0.0909. The molecule has 1 aromatic heterocycles. The van der Waals surface area contributed by atoms with Crippen molar-refractivity contribution in [2.75, 3.05) is 5.43 Å². The van der Waals surface area contributed by atoms with E-state index in [0.29, 0.717) is 11.4 Å². The van der Waals surface area contributed by atoms with Crippen LogP contribution < -0.4 is 16.6 Å². The van der Waals surface area contributed by atoms with Crippen molar-refractivity contribution in [1.29, 1.82) is 0 Å². The predicted molar refractivity (Wildman–Crippen MR) is 70.9 cm³/mol. The van der Waals surface area contributed by atoms with Gasteiger partial charge in [0, 0.05) is 12.2 Å². The minimum atomic E-state index is -0.0638. The largest absolute Gasteiger partial charge is 0.349 e. The van der Waals surface area contributed by atoms with E-state index in [0.717, 1.165) is 12.8 Å². The molecule has 0 saturated heterocycles. The van der Waals surface area contributed by atoms with E-state index >= 15 is 0 Å². The summed E-state index contributed by atoms with van der Waals surface area (Å²) in [5, 5.41) is 3.09. The van der Waals surface area contributed by atoms with Gasteiger partial charge in [-0.2, -0.15) is 0 Å². The van der Waals surface area contributed by atoms with Crippen molar-refractivity contribution in [2.24, 2.45) is 11.3 Å². The molecular formula is C13H20N4O. The SMILES string of the molecule is CC1(C)CCCC1NC(=O)c1ccc(NN)nc1. The first kappa shape index (κ1) is 12.8. The van der Waals surface area contributed by atoms with Gasteiger partial charge < -0.3 is 10.7 Å². The molecule has 1 saturated carbocycles. The molecule has 1 unspecified atom stereocenters. The first-order valence-corrected chi connectivity index (χ1v) is 6.26. The van der Waals surface area contributed by atoms with E-state index in [1.54, 1.807) is 12.1 Å². The molecule has 1 atom stereocenters. The van der Waals surface area contributed by atoms with Crippen molar-refractivity contribution in [3.63, 3.8) is 0 Å². The molecule has 1 amide bonds.